The third-order valence-electron chi connectivity index (χ3n) is 4.01. The fourth-order valence-corrected chi connectivity index (χ4v) is 2.52. The highest BCUT2D eigenvalue weighted by Crippen LogP contribution is 2.41. The summed E-state index contributed by atoms with van der Waals surface area (Å²) in [4.78, 5) is 0. The lowest BCUT2D eigenvalue weighted by Gasteiger charge is -2.43. The number of hydrogen-bond donors (Lipinski definition) is 2. The highest BCUT2D eigenvalue weighted by molar-refractivity contribution is 4.93. The van der Waals surface area contributed by atoms with E-state index in [1.54, 1.807) is 0 Å². The predicted molar refractivity (Wildman–Crippen MR) is 62.7 cm³/mol. The minimum atomic E-state index is -0.552. The smallest absolute Gasteiger partial charge is 0.0695 e. The maximum absolute atomic E-state index is 10.6. The molecule has 1 fully saturated rings. The maximum Gasteiger partial charge on any atom is 0.0695 e. The summed E-state index contributed by atoms with van der Waals surface area (Å²) >= 11 is 0. The summed E-state index contributed by atoms with van der Waals surface area (Å²) in [6, 6.07) is 0. The quantitative estimate of drug-likeness (QED) is 0.651. The first kappa shape index (κ1) is 13.0. The standard InChI is InChI=1S/C13H26O2/c1-11(2,3)13(15)9-5-7-12(4,14)8-6-10-13/h14-15H,5-10H2,1-4H3. The topological polar surface area (TPSA) is 40.5 Å². The first-order valence-electron chi connectivity index (χ1n) is 6.11. The zero-order valence-corrected chi connectivity index (χ0v) is 10.6. The molecular formula is C13H26O2. The number of hydrogen-bond acceptors (Lipinski definition) is 2. The summed E-state index contributed by atoms with van der Waals surface area (Å²) < 4.78 is 0. The highest BCUT2D eigenvalue weighted by atomic mass is 16.3. The van der Waals surface area contributed by atoms with E-state index >= 15 is 0 Å². The monoisotopic (exact) mass is 214 g/mol. The summed E-state index contributed by atoms with van der Waals surface area (Å²) in [6.45, 7) is 8.22. The summed E-state index contributed by atoms with van der Waals surface area (Å²) in [5.41, 5.74) is -1.13. The Kier molecular flexibility index (Phi) is 3.52. The van der Waals surface area contributed by atoms with Crippen LogP contribution in [0.5, 0.6) is 0 Å². The van der Waals surface area contributed by atoms with Crippen molar-refractivity contribution in [3.63, 3.8) is 0 Å². The van der Waals surface area contributed by atoms with Gasteiger partial charge in [-0.1, -0.05) is 20.8 Å². The Morgan fingerprint density at radius 3 is 1.60 bits per heavy atom. The van der Waals surface area contributed by atoms with Crippen molar-refractivity contribution in [2.24, 2.45) is 5.41 Å². The van der Waals surface area contributed by atoms with Crippen molar-refractivity contribution >= 4 is 0 Å². The Morgan fingerprint density at radius 2 is 1.27 bits per heavy atom. The Labute approximate surface area is 93.7 Å². The summed E-state index contributed by atoms with van der Waals surface area (Å²) in [7, 11) is 0. The van der Waals surface area contributed by atoms with Crippen molar-refractivity contribution in [2.75, 3.05) is 0 Å². The maximum atomic E-state index is 10.6. The van der Waals surface area contributed by atoms with Crippen molar-refractivity contribution < 1.29 is 10.2 Å². The third-order valence-corrected chi connectivity index (χ3v) is 4.01. The van der Waals surface area contributed by atoms with Crippen molar-refractivity contribution in [1.82, 2.24) is 0 Å². The zero-order valence-electron chi connectivity index (χ0n) is 10.6. The fourth-order valence-electron chi connectivity index (χ4n) is 2.52. The van der Waals surface area contributed by atoms with Gasteiger partial charge in [0.2, 0.25) is 0 Å². The van der Waals surface area contributed by atoms with Gasteiger partial charge in [-0.25, -0.2) is 0 Å². The van der Waals surface area contributed by atoms with E-state index in [2.05, 4.69) is 20.8 Å². The molecule has 0 atom stereocenters. The van der Waals surface area contributed by atoms with Crippen LogP contribution in [0.4, 0.5) is 0 Å². The molecule has 90 valence electrons. The molecule has 0 aromatic carbocycles. The molecule has 2 nitrogen and oxygen atoms in total. The van der Waals surface area contributed by atoms with E-state index in [9.17, 15) is 10.2 Å². The van der Waals surface area contributed by atoms with Gasteiger partial charge in [-0.2, -0.15) is 0 Å². The van der Waals surface area contributed by atoms with Crippen LogP contribution in [0.1, 0.15) is 66.2 Å². The molecule has 0 spiro atoms. The largest absolute Gasteiger partial charge is 0.390 e. The molecular weight excluding hydrogens is 188 g/mol. The van der Waals surface area contributed by atoms with E-state index in [-0.39, 0.29) is 5.41 Å². The molecule has 0 bridgehead atoms. The van der Waals surface area contributed by atoms with Gasteiger partial charge in [-0.15, -0.1) is 0 Å². The highest BCUT2D eigenvalue weighted by Gasteiger charge is 2.40. The molecule has 15 heavy (non-hydrogen) atoms. The number of aliphatic hydroxyl groups is 2. The second-order valence-electron chi connectivity index (χ2n) is 6.49. The minimum absolute atomic E-state index is 0.0593. The Hall–Kier alpha value is -0.0800. The van der Waals surface area contributed by atoms with Crippen LogP contribution in [-0.4, -0.2) is 21.4 Å². The van der Waals surface area contributed by atoms with Gasteiger partial charge in [0.05, 0.1) is 11.2 Å². The summed E-state index contributed by atoms with van der Waals surface area (Å²) in [6.07, 6.45) is 5.08. The van der Waals surface area contributed by atoms with Crippen molar-refractivity contribution in [3.05, 3.63) is 0 Å². The average molecular weight is 214 g/mol. The molecule has 0 saturated heterocycles. The molecule has 0 radical (unpaired) electrons. The lowest BCUT2D eigenvalue weighted by atomic mass is 9.68. The normalized spacial score (nSPS) is 39.6. The van der Waals surface area contributed by atoms with Crippen LogP contribution < -0.4 is 0 Å². The van der Waals surface area contributed by atoms with Gasteiger partial charge in [0.1, 0.15) is 0 Å². The van der Waals surface area contributed by atoms with Crippen LogP contribution in [0, 0.1) is 5.41 Å². The first-order valence-corrected chi connectivity index (χ1v) is 6.11. The minimum Gasteiger partial charge on any atom is -0.390 e. The molecule has 0 unspecified atom stereocenters. The van der Waals surface area contributed by atoms with Crippen LogP contribution in [0.3, 0.4) is 0 Å². The first-order chi connectivity index (χ1) is 6.66. The Balaban J connectivity index is 2.67. The van der Waals surface area contributed by atoms with E-state index in [1.807, 2.05) is 6.92 Å². The molecule has 1 aliphatic rings. The van der Waals surface area contributed by atoms with E-state index in [0.29, 0.717) is 0 Å². The molecule has 0 aromatic heterocycles. The van der Waals surface area contributed by atoms with Gasteiger partial charge in [0, 0.05) is 0 Å². The van der Waals surface area contributed by atoms with Crippen LogP contribution in [0.25, 0.3) is 0 Å². The zero-order chi connectivity index (χ0) is 11.7. The van der Waals surface area contributed by atoms with Crippen LogP contribution in [0.2, 0.25) is 0 Å². The van der Waals surface area contributed by atoms with Crippen molar-refractivity contribution in [3.8, 4) is 0 Å². The lowest BCUT2D eigenvalue weighted by molar-refractivity contribution is -0.0900. The van der Waals surface area contributed by atoms with E-state index in [0.717, 1.165) is 38.5 Å². The Bertz CT molecular complexity index is 201. The molecule has 0 aliphatic heterocycles. The molecule has 0 aromatic rings. The van der Waals surface area contributed by atoms with Crippen LogP contribution in [0.15, 0.2) is 0 Å². The third kappa shape index (κ3) is 3.18. The second-order valence-corrected chi connectivity index (χ2v) is 6.49. The van der Waals surface area contributed by atoms with Gasteiger partial charge >= 0.3 is 0 Å². The fraction of sp³-hybridized carbons (Fsp3) is 1.00. The SMILES string of the molecule is CC1(O)CCCC(O)(C(C)(C)C)CCC1. The predicted octanol–water partition coefficient (Wildman–Crippen LogP) is 2.87. The Morgan fingerprint density at radius 1 is 0.867 bits per heavy atom. The molecule has 2 N–H and O–H groups in total. The van der Waals surface area contributed by atoms with E-state index < -0.39 is 11.2 Å². The summed E-state index contributed by atoms with van der Waals surface area (Å²) in [5.74, 6) is 0. The van der Waals surface area contributed by atoms with E-state index in [4.69, 9.17) is 0 Å². The van der Waals surface area contributed by atoms with Crippen molar-refractivity contribution in [2.45, 2.75) is 77.4 Å². The lowest BCUT2D eigenvalue weighted by Crippen LogP contribution is -2.44. The molecule has 0 heterocycles. The second kappa shape index (κ2) is 4.06. The van der Waals surface area contributed by atoms with Gasteiger partial charge < -0.3 is 10.2 Å². The molecule has 0 amide bonds. The average Bonchev–Trinajstić information content (AvgIpc) is 1.98. The van der Waals surface area contributed by atoms with Gasteiger partial charge in [0.25, 0.3) is 0 Å². The molecule has 1 rings (SSSR count). The number of rotatable bonds is 0. The van der Waals surface area contributed by atoms with Gasteiger partial charge in [-0.3, -0.25) is 0 Å². The summed E-state index contributed by atoms with van der Waals surface area (Å²) in [5, 5.41) is 20.6. The van der Waals surface area contributed by atoms with Gasteiger partial charge in [-0.05, 0) is 50.9 Å². The van der Waals surface area contributed by atoms with Gasteiger partial charge in [0.15, 0.2) is 0 Å². The molecule has 2 heteroatoms. The molecule has 1 aliphatic carbocycles. The van der Waals surface area contributed by atoms with E-state index in [1.165, 1.54) is 0 Å². The van der Waals surface area contributed by atoms with Crippen molar-refractivity contribution in [1.29, 1.82) is 0 Å². The van der Waals surface area contributed by atoms with Crippen LogP contribution >= 0.6 is 0 Å². The molecule has 1 saturated carbocycles. The van der Waals surface area contributed by atoms with Crippen LogP contribution in [-0.2, 0) is 0 Å².